The van der Waals surface area contributed by atoms with Crippen LogP contribution in [-0.4, -0.2) is 13.0 Å². The smallest absolute Gasteiger partial charge is 0.274 e. The van der Waals surface area contributed by atoms with E-state index in [4.69, 9.17) is 5.14 Å². The van der Waals surface area contributed by atoms with Gasteiger partial charge in [0.15, 0.2) is 0 Å². The molecule has 0 aliphatic heterocycles. The second-order valence-corrected chi connectivity index (χ2v) is 8.71. The molecule has 3 rings (SSSR count). The van der Waals surface area contributed by atoms with Crippen molar-refractivity contribution < 1.29 is 17.2 Å². The van der Waals surface area contributed by atoms with Crippen molar-refractivity contribution in [2.75, 3.05) is 4.72 Å². The molecule has 1 atom stereocenters. The summed E-state index contributed by atoms with van der Waals surface area (Å²) in [4.78, 5) is -0.0147. The van der Waals surface area contributed by atoms with Crippen molar-refractivity contribution >= 4 is 26.1 Å². The summed E-state index contributed by atoms with van der Waals surface area (Å²) in [5, 5.41) is 5.24. The number of para-hydroxylation sites is 1. The molecule has 2 aromatic rings. The van der Waals surface area contributed by atoms with Gasteiger partial charge in [-0.3, -0.25) is 4.72 Å². The normalized spacial score (nSPS) is 16.6. The van der Waals surface area contributed by atoms with Crippen molar-refractivity contribution in [3.05, 3.63) is 53.6 Å². The van der Waals surface area contributed by atoms with Gasteiger partial charge in [0.05, 0.1) is 4.90 Å². The number of rotatable bonds is 4. The van der Waals surface area contributed by atoms with Gasteiger partial charge in [-0.1, -0.05) is 18.2 Å². The number of hydrogen-bond donors (Lipinski definition) is 3. The molecule has 23 heavy (non-hydrogen) atoms. The molecule has 0 amide bonds. The van der Waals surface area contributed by atoms with Crippen LogP contribution in [0.25, 0.3) is 0 Å². The fourth-order valence-electron chi connectivity index (χ4n) is 2.73. The number of aryl methyl sites for hydroxylation is 2. The molecular weight excluding hydrogens is 336 g/mol. The Morgan fingerprint density at radius 2 is 1.78 bits per heavy atom. The molecule has 1 aliphatic rings. The van der Waals surface area contributed by atoms with Crippen LogP contribution in [0.2, 0.25) is 0 Å². The molecule has 6 nitrogen and oxygen atoms in total. The highest BCUT2D eigenvalue weighted by molar-refractivity contribution is 7.96. The number of fused-ring (bicyclic) bond motifs is 1. The zero-order valence-electron chi connectivity index (χ0n) is 12.2. The minimum atomic E-state index is -3.86. The molecule has 0 saturated heterocycles. The van der Waals surface area contributed by atoms with Gasteiger partial charge in [-0.25, -0.2) is 8.42 Å². The van der Waals surface area contributed by atoms with E-state index in [2.05, 4.69) is 4.72 Å². The molecule has 2 aromatic carbocycles. The fraction of sp³-hybridized carbons (Fsp3) is 0.200. The molecule has 0 aromatic heterocycles. The number of sulfonamides is 1. The lowest BCUT2D eigenvalue weighted by Crippen LogP contribution is -2.23. The lowest BCUT2D eigenvalue weighted by atomic mass is 10.1. The summed E-state index contributed by atoms with van der Waals surface area (Å²) in [6, 6.07) is 10.8. The second kappa shape index (κ2) is 5.72. The Morgan fingerprint density at radius 3 is 2.52 bits per heavy atom. The quantitative estimate of drug-likeness (QED) is 0.732. The average Bonchev–Trinajstić information content (AvgIpc) is 2.93. The van der Waals surface area contributed by atoms with Gasteiger partial charge >= 0.3 is 10.4 Å². The summed E-state index contributed by atoms with van der Waals surface area (Å²) < 4.78 is 48.7. The molecule has 4 N–H and O–H groups in total. The van der Waals surface area contributed by atoms with E-state index in [-0.39, 0.29) is 15.5 Å². The number of benzene rings is 2. The van der Waals surface area contributed by atoms with Crippen LogP contribution in [0.5, 0.6) is 0 Å². The van der Waals surface area contributed by atoms with Gasteiger partial charge in [0.2, 0.25) is 4.90 Å². The molecule has 1 unspecified atom stereocenters. The number of nitrogens with two attached hydrogens (primary N) is 1. The molecule has 0 spiro atoms. The Labute approximate surface area is 136 Å². The first-order chi connectivity index (χ1) is 10.8. The zero-order valence-corrected chi connectivity index (χ0v) is 13.9. The predicted molar refractivity (Wildman–Crippen MR) is 88.9 cm³/mol. The van der Waals surface area contributed by atoms with Gasteiger partial charge in [0, 0.05) is 6.07 Å². The first-order valence-electron chi connectivity index (χ1n) is 7.05. The Hall–Kier alpha value is -1.74. The Balaban J connectivity index is 1.98. The molecule has 0 bridgehead atoms. The Morgan fingerprint density at radius 1 is 1.09 bits per heavy atom. The van der Waals surface area contributed by atoms with Crippen LogP contribution < -0.4 is 9.86 Å². The fourth-order valence-corrected chi connectivity index (χ4v) is 4.63. The third kappa shape index (κ3) is 3.30. The topological polar surface area (TPSA) is 109 Å². The van der Waals surface area contributed by atoms with Crippen LogP contribution in [0.1, 0.15) is 17.5 Å². The van der Waals surface area contributed by atoms with Crippen molar-refractivity contribution in [3.8, 4) is 0 Å². The van der Waals surface area contributed by atoms with Gasteiger partial charge in [0.25, 0.3) is 10.0 Å². The summed E-state index contributed by atoms with van der Waals surface area (Å²) in [6.45, 7) is 0. The highest BCUT2D eigenvalue weighted by Crippen LogP contribution is 2.28. The van der Waals surface area contributed by atoms with Crippen LogP contribution >= 0.6 is 0 Å². The van der Waals surface area contributed by atoms with E-state index in [0.29, 0.717) is 0 Å². The van der Waals surface area contributed by atoms with E-state index >= 15 is 0 Å². The molecule has 1 aliphatic carbocycles. The van der Waals surface area contributed by atoms with Crippen molar-refractivity contribution in [2.24, 2.45) is 5.14 Å². The van der Waals surface area contributed by atoms with Gasteiger partial charge in [-0.15, -0.1) is 5.14 Å². The SMILES string of the molecule is N[S+](=O)(O)c1ccccc1NS(=O)(=O)c1ccc2c(c1)CCC2. The maximum atomic E-state index is 12.6. The third-order valence-corrected chi connectivity index (χ3v) is 6.18. The molecule has 8 heteroatoms. The third-order valence-electron chi connectivity index (χ3n) is 3.83. The highest BCUT2D eigenvalue weighted by Gasteiger charge is 2.29. The van der Waals surface area contributed by atoms with Crippen molar-refractivity contribution in [1.29, 1.82) is 0 Å². The van der Waals surface area contributed by atoms with Gasteiger partial charge < -0.3 is 0 Å². The lowest BCUT2D eigenvalue weighted by molar-refractivity contribution is 0.499. The number of hydrogen-bond acceptors (Lipinski definition) is 3. The van der Waals surface area contributed by atoms with E-state index in [9.17, 15) is 17.2 Å². The average molecular weight is 353 g/mol. The van der Waals surface area contributed by atoms with Gasteiger partial charge in [-0.05, 0) is 52.8 Å². The van der Waals surface area contributed by atoms with Crippen molar-refractivity contribution in [1.82, 2.24) is 0 Å². The summed E-state index contributed by atoms with van der Waals surface area (Å²) >= 11 is 0. The monoisotopic (exact) mass is 353 g/mol. The van der Waals surface area contributed by atoms with Gasteiger partial charge in [0.1, 0.15) is 5.69 Å². The summed E-state index contributed by atoms with van der Waals surface area (Å²) in [5.74, 6) is 0. The van der Waals surface area contributed by atoms with Crippen LogP contribution in [0.15, 0.2) is 52.3 Å². The first kappa shape index (κ1) is 16.1. The molecule has 0 radical (unpaired) electrons. The molecule has 122 valence electrons. The first-order valence-corrected chi connectivity index (χ1v) is 10.1. The molecule has 0 heterocycles. The van der Waals surface area contributed by atoms with Crippen molar-refractivity contribution in [2.45, 2.75) is 29.1 Å². The second-order valence-electron chi connectivity index (χ2n) is 5.45. The standard InChI is InChI=1S/C15H16N2O4S2/c16-22(18,19)15-7-2-1-6-14(15)17-23(20,21)13-9-8-11-4-3-5-12(11)10-13/h1-2,6-10,17H,3-5H2,(H2-,16,18,19)/p+1. The predicted octanol–water partition coefficient (Wildman–Crippen LogP) is 2.18. The van der Waals surface area contributed by atoms with E-state index < -0.39 is 20.4 Å². The molecule has 0 saturated carbocycles. The minimum Gasteiger partial charge on any atom is -0.274 e. The van der Waals surface area contributed by atoms with E-state index in [1.807, 2.05) is 6.07 Å². The maximum absolute atomic E-state index is 12.6. The Kier molecular flexibility index (Phi) is 4.01. The van der Waals surface area contributed by atoms with E-state index in [0.717, 1.165) is 24.8 Å². The molecule has 0 fully saturated rings. The van der Waals surface area contributed by atoms with E-state index in [1.165, 1.54) is 23.8 Å². The maximum Gasteiger partial charge on any atom is 0.322 e. The summed E-state index contributed by atoms with van der Waals surface area (Å²) in [7, 11) is -7.63. The lowest BCUT2D eigenvalue weighted by Gasteiger charge is -2.11. The summed E-state index contributed by atoms with van der Waals surface area (Å²) in [5.41, 5.74) is 2.21. The van der Waals surface area contributed by atoms with Crippen LogP contribution in [0.3, 0.4) is 0 Å². The summed E-state index contributed by atoms with van der Waals surface area (Å²) in [6.07, 6.45) is 2.85. The van der Waals surface area contributed by atoms with E-state index in [1.54, 1.807) is 18.2 Å². The number of anilines is 1. The van der Waals surface area contributed by atoms with Crippen LogP contribution in [0, 0.1) is 0 Å². The Bertz CT molecular complexity index is 903. The van der Waals surface area contributed by atoms with Gasteiger partial charge in [-0.2, -0.15) is 4.55 Å². The molecular formula is C15H17N2O4S2+. The van der Waals surface area contributed by atoms with Crippen LogP contribution in [0.4, 0.5) is 5.69 Å². The largest absolute Gasteiger partial charge is 0.322 e. The highest BCUT2D eigenvalue weighted by atomic mass is 32.3. The zero-order chi connectivity index (χ0) is 16.7. The van der Waals surface area contributed by atoms with Crippen molar-refractivity contribution in [3.63, 3.8) is 0 Å². The van der Waals surface area contributed by atoms with Crippen LogP contribution in [-0.2, 0) is 37.5 Å². The minimum absolute atomic E-state index is 0.00278. The number of nitrogens with one attached hydrogen (secondary N) is 1.